The van der Waals surface area contributed by atoms with Crippen LogP contribution in [-0.4, -0.2) is 0 Å². The minimum absolute atomic E-state index is 0.362. The van der Waals surface area contributed by atoms with Crippen LogP contribution in [0, 0.1) is 17.5 Å². The lowest BCUT2D eigenvalue weighted by Gasteiger charge is -2.40. The fourth-order valence-corrected chi connectivity index (χ4v) is 11.3. The number of rotatable bonds is 6. The van der Waals surface area contributed by atoms with Crippen LogP contribution in [0.3, 0.4) is 0 Å². The van der Waals surface area contributed by atoms with Crippen LogP contribution in [0.25, 0.3) is 33.1 Å². The second-order valence-corrected chi connectivity index (χ2v) is 17.1. The highest BCUT2D eigenvalue weighted by molar-refractivity contribution is 7.99. The van der Waals surface area contributed by atoms with E-state index in [0.29, 0.717) is 27.9 Å². The Morgan fingerprint density at radius 1 is 0.435 bits per heavy atom. The van der Waals surface area contributed by atoms with E-state index in [4.69, 9.17) is 4.42 Å². The van der Waals surface area contributed by atoms with Crippen molar-refractivity contribution in [1.82, 2.24) is 0 Å². The number of hydrogen-bond donors (Lipinski definition) is 0. The zero-order valence-corrected chi connectivity index (χ0v) is 33.8. The van der Waals surface area contributed by atoms with Gasteiger partial charge < -0.3 is 9.32 Å². The molecule has 1 aliphatic carbocycles. The average Bonchev–Trinajstić information content (AvgIpc) is 3.80. The molecule has 2 heterocycles. The Labute approximate surface area is 360 Å². The van der Waals surface area contributed by atoms with E-state index in [9.17, 15) is 8.78 Å². The van der Waals surface area contributed by atoms with Crippen molar-refractivity contribution in [1.29, 1.82) is 0 Å². The van der Waals surface area contributed by atoms with E-state index in [1.165, 1.54) is 79.6 Å². The molecule has 2 aliphatic rings. The van der Waals surface area contributed by atoms with Crippen LogP contribution in [0.5, 0.6) is 0 Å². The largest absolute Gasteiger partial charge is 0.456 e. The highest BCUT2D eigenvalue weighted by Crippen LogP contribution is 2.62. The third-order valence-corrected chi connectivity index (χ3v) is 13.8. The van der Waals surface area contributed by atoms with Crippen molar-refractivity contribution in [2.45, 2.75) is 21.1 Å². The van der Waals surface area contributed by atoms with E-state index in [0.717, 1.165) is 27.8 Å². The van der Waals surface area contributed by atoms with Gasteiger partial charge in [0.05, 0.1) is 11.1 Å². The maximum absolute atomic E-state index is 15.1. The first-order valence-corrected chi connectivity index (χ1v) is 21.4. The van der Waals surface area contributed by atoms with Crippen molar-refractivity contribution < 1.29 is 17.6 Å². The topological polar surface area (TPSA) is 16.4 Å². The first kappa shape index (κ1) is 36.6. The maximum atomic E-state index is 15.1. The van der Waals surface area contributed by atoms with E-state index in [1.54, 1.807) is 30.3 Å². The highest BCUT2D eigenvalue weighted by atomic mass is 32.2. The number of furan rings is 1. The Hall–Kier alpha value is -7.28. The van der Waals surface area contributed by atoms with E-state index in [-0.39, 0.29) is 23.4 Å². The summed E-state index contributed by atoms with van der Waals surface area (Å²) in [7, 11) is 0. The Morgan fingerprint density at radius 2 is 1.00 bits per heavy atom. The summed E-state index contributed by atoms with van der Waals surface area (Å²) in [4.78, 5) is 4.47. The summed E-state index contributed by atoms with van der Waals surface area (Å²) in [6.45, 7) is 0. The van der Waals surface area contributed by atoms with Gasteiger partial charge in [-0.05, 0) is 135 Å². The van der Waals surface area contributed by atoms with Gasteiger partial charge >= 0.3 is 0 Å². The quantitative estimate of drug-likeness (QED) is 0.155. The first-order chi connectivity index (χ1) is 30.5. The van der Waals surface area contributed by atoms with Crippen molar-refractivity contribution in [3.63, 3.8) is 0 Å². The molecule has 6 heteroatoms. The number of hydrogen-bond acceptors (Lipinski definition) is 3. The first-order valence-electron chi connectivity index (χ1n) is 20.6. The Balaban J connectivity index is 1.18. The molecule has 0 bridgehead atoms. The van der Waals surface area contributed by atoms with Crippen LogP contribution in [0.2, 0.25) is 0 Å². The standard InChI is InChI=1S/C56H34F3NOS/c57-36-19-24-39(25-20-36)60(40-26-21-37(58)22-27-40)50-33-52-44(43-31-38(59)23-29-51(43)61-52)32-45(50)55(34-10-2-1-3-11-34)35-18-28-42-41-12-4-5-13-46(41)56(49(42)30-35)47-14-6-8-16-53(47)62-54-17-9-7-15-48(54)56/h1-33,55H. The van der Waals surface area contributed by atoms with Gasteiger partial charge in [0.1, 0.15) is 28.6 Å². The molecule has 1 spiro atoms. The van der Waals surface area contributed by atoms with Crippen LogP contribution in [0.1, 0.15) is 44.9 Å². The Kier molecular flexibility index (Phi) is 8.34. The molecule has 1 atom stereocenters. The van der Waals surface area contributed by atoms with Crippen molar-refractivity contribution in [2.75, 3.05) is 4.90 Å². The predicted octanol–water partition coefficient (Wildman–Crippen LogP) is 15.5. The van der Waals surface area contributed by atoms with Crippen LogP contribution in [0.15, 0.2) is 214 Å². The van der Waals surface area contributed by atoms with Crippen molar-refractivity contribution in [2.24, 2.45) is 0 Å². The summed E-state index contributed by atoms with van der Waals surface area (Å²) >= 11 is 1.82. The molecule has 1 aliphatic heterocycles. The van der Waals surface area contributed by atoms with Gasteiger partial charge in [0.15, 0.2) is 0 Å². The zero-order valence-electron chi connectivity index (χ0n) is 33.0. The molecular formula is C56H34F3NOS. The smallest absolute Gasteiger partial charge is 0.137 e. The van der Waals surface area contributed by atoms with Crippen LogP contribution in [0.4, 0.5) is 30.2 Å². The summed E-state index contributed by atoms with van der Waals surface area (Å²) in [5.74, 6) is -1.49. The predicted molar refractivity (Wildman–Crippen MR) is 244 cm³/mol. The fraction of sp³-hybridized carbons (Fsp3) is 0.0357. The van der Waals surface area contributed by atoms with Gasteiger partial charge in [-0.15, -0.1) is 0 Å². The molecule has 62 heavy (non-hydrogen) atoms. The monoisotopic (exact) mass is 825 g/mol. The van der Waals surface area contributed by atoms with Crippen LogP contribution >= 0.6 is 11.8 Å². The van der Waals surface area contributed by atoms with Gasteiger partial charge in [-0.3, -0.25) is 0 Å². The lowest BCUT2D eigenvalue weighted by Crippen LogP contribution is -2.32. The van der Waals surface area contributed by atoms with Crippen molar-refractivity contribution in [3.05, 3.63) is 257 Å². The molecule has 0 saturated carbocycles. The summed E-state index contributed by atoms with van der Waals surface area (Å²) < 4.78 is 50.8. The molecule has 9 aromatic carbocycles. The summed E-state index contributed by atoms with van der Waals surface area (Å²) in [5, 5.41) is 1.42. The fourth-order valence-electron chi connectivity index (χ4n) is 10.1. The van der Waals surface area contributed by atoms with Crippen LogP contribution < -0.4 is 4.90 Å². The normalized spacial score (nSPS) is 13.7. The van der Waals surface area contributed by atoms with Gasteiger partial charge in [-0.1, -0.05) is 121 Å². The van der Waals surface area contributed by atoms with Gasteiger partial charge in [-0.25, -0.2) is 13.2 Å². The third-order valence-electron chi connectivity index (χ3n) is 12.6. The van der Waals surface area contributed by atoms with Gasteiger partial charge in [0, 0.05) is 43.9 Å². The Morgan fingerprint density at radius 3 is 1.68 bits per heavy atom. The number of fused-ring (bicyclic) bond motifs is 12. The minimum atomic E-state index is -0.596. The van der Waals surface area contributed by atoms with E-state index in [1.807, 2.05) is 28.8 Å². The summed E-state index contributed by atoms with van der Waals surface area (Å²) in [5.41, 5.74) is 12.9. The molecule has 2 nitrogen and oxygen atoms in total. The molecule has 10 aromatic rings. The number of anilines is 3. The van der Waals surface area contributed by atoms with E-state index in [2.05, 4.69) is 121 Å². The van der Waals surface area contributed by atoms with E-state index >= 15 is 4.39 Å². The molecule has 1 unspecified atom stereocenters. The van der Waals surface area contributed by atoms with Crippen molar-refractivity contribution in [3.8, 4) is 11.1 Å². The molecule has 12 rings (SSSR count). The molecule has 0 fully saturated rings. The second kappa shape index (κ2) is 14.2. The third kappa shape index (κ3) is 5.53. The zero-order chi connectivity index (χ0) is 41.5. The van der Waals surface area contributed by atoms with Gasteiger partial charge in [-0.2, -0.15) is 0 Å². The number of benzene rings is 9. The molecule has 296 valence electrons. The molecule has 1 aromatic heterocycles. The maximum Gasteiger partial charge on any atom is 0.137 e. The van der Waals surface area contributed by atoms with Gasteiger partial charge in [0.2, 0.25) is 0 Å². The SMILES string of the molecule is Fc1ccc(N(c2ccc(F)cc2)c2cc3oc4ccc(F)cc4c3cc2C(c2ccccc2)c2ccc3c(c2)C2(c4ccccc4Sc4ccccc42)c2ccccc2-3)cc1. The van der Waals surface area contributed by atoms with Crippen LogP contribution in [-0.2, 0) is 5.41 Å². The lowest BCUT2D eigenvalue weighted by molar-refractivity contribution is 0.626. The molecule has 0 amide bonds. The number of nitrogens with zero attached hydrogens (tertiary/aromatic N) is 1. The molecule has 0 radical (unpaired) electrons. The van der Waals surface area contributed by atoms with E-state index < -0.39 is 5.41 Å². The second-order valence-electron chi connectivity index (χ2n) is 16.0. The molecular weight excluding hydrogens is 792 g/mol. The highest BCUT2D eigenvalue weighted by Gasteiger charge is 2.50. The van der Waals surface area contributed by atoms with Gasteiger partial charge in [0.25, 0.3) is 0 Å². The lowest BCUT2D eigenvalue weighted by atomic mass is 9.66. The number of halogens is 3. The minimum Gasteiger partial charge on any atom is -0.456 e. The summed E-state index contributed by atoms with van der Waals surface area (Å²) in [6.07, 6.45) is 0. The Bertz CT molecular complexity index is 3290. The average molecular weight is 826 g/mol. The molecule has 0 N–H and O–H groups in total. The molecule has 0 saturated heterocycles. The summed E-state index contributed by atoms with van der Waals surface area (Å²) in [6, 6.07) is 65.0. The van der Waals surface area contributed by atoms with Crippen molar-refractivity contribution >= 4 is 50.8 Å².